The van der Waals surface area contributed by atoms with E-state index in [0.717, 1.165) is 16.2 Å². The summed E-state index contributed by atoms with van der Waals surface area (Å²) in [7, 11) is 0. The Hall–Kier alpha value is -1.48. The zero-order chi connectivity index (χ0) is 16.8. The van der Waals surface area contributed by atoms with Crippen LogP contribution in [0.15, 0.2) is 40.3 Å². The molecule has 1 heterocycles. The van der Waals surface area contributed by atoms with Crippen molar-refractivity contribution < 1.29 is 5.11 Å². The normalized spacial score (nSPS) is 12.0. The molecule has 2 aromatic rings. The van der Waals surface area contributed by atoms with Crippen LogP contribution in [0.2, 0.25) is 0 Å². The zero-order valence-electron chi connectivity index (χ0n) is 13.5. The molecule has 1 N–H and O–H groups in total. The van der Waals surface area contributed by atoms with Crippen molar-refractivity contribution in [1.82, 2.24) is 4.98 Å². The number of nitrogens with zero attached hydrogens (tertiary/aromatic N) is 2. The van der Waals surface area contributed by atoms with Crippen LogP contribution >= 0.6 is 23.5 Å². The van der Waals surface area contributed by atoms with E-state index in [9.17, 15) is 10.4 Å². The molecule has 0 amide bonds. The second-order valence-electron chi connectivity index (χ2n) is 5.46. The highest BCUT2D eigenvalue weighted by Gasteiger charge is 2.12. The van der Waals surface area contributed by atoms with E-state index in [1.807, 2.05) is 19.9 Å². The number of pyridine rings is 1. The quantitative estimate of drug-likeness (QED) is 0.799. The van der Waals surface area contributed by atoms with Crippen LogP contribution < -0.4 is 0 Å². The molecule has 0 spiro atoms. The lowest BCUT2D eigenvalue weighted by Crippen LogP contribution is -2.13. The van der Waals surface area contributed by atoms with Crippen LogP contribution in [0.4, 0.5) is 0 Å². The first-order chi connectivity index (χ1) is 11.0. The minimum atomic E-state index is -0.444. The average Bonchev–Trinajstić information content (AvgIpc) is 2.52. The molecule has 0 aliphatic carbocycles. The fourth-order valence-electron chi connectivity index (χ4n) is 2.09. The predicted molar refractivity (Wildman–Crippen MR) is 97.1 cm³/mol. The first-order valence-electron chi connectivity index (χ1n) is 7.38. The van der Waals surface area contributed by atoms with Crippen molar-refractivity contribution in [2.24, 2.45) is 0 Å². The maximum atomic E-state index is 10.2. The Bertz CT molecular complexity index is 708. The van der Waals surface area contributed by atoms with Gasteiger partial charge >= 0.3 is 0 Å². The molecular formula is C18H20N2OS2. The Morgan fingerprint density at radius 3 is 2.43 bits per heavy atom. The molecule has 5 heteroatoms. The van der Waals surface area contributed by atoms with E-state index in [1.165, 1.54) is 17.3 Å². The van der Waals surface area contributed by atoms with Gasteiger partial charge in [-0.25, -0.2) is 4.98 Å². The van der Waals surface area contributed by atoms with Crippen molar-refractivity contribution in [1.29, 1.82) is 5.26 Å². The molecule has 1 unspecified atom stereocenters. The molecule has 23 heavy (non-hydrogen) atoms. The lowest BCUT2D eigenvalue weighted by molar-refractivity contribution is 0.225. The number of rotatable bonds is 6. The maximum Gasteiger partial charge on any atom is 0.114 e. The number of aryl methyl sites for hydroxylation is 3. The Labute approximate surface area is 146 Å². The molecule has 0 aliphatic rings. The molecule has 0 bridgehead atoms. The third kappa shape index (κ3) is 5.28. The second-order valence-corrected chi connectivity index (χ2v) is 7.56. The molecular weight excluding hydrogens is 324 g/mol. The summed E-state index contributed by atoms with van der Waals surface area (Å²) in [5.41, 5.74) is 3.67. The van der Waals surface area contributed by atoms with Crippen LogP contribution in [0.1, 0.15) is 22.4 Å². The van der Waals surface area contributed by atoms with Gasteiger partial charge in [-0.3, -0.25) is 0 Å². The Balaban J connectivity index is 1.91. The van der Waals surface area contributed by atoms with Crippen molar-refractivity contribution in [3.05, 3.63) is 52.7 Å². The molecule has 0 fully saturated rings. The zero-order valence-corrected chi connectivity index (χ0v) is 15.2. The third-order valence-corrected chi connectivity index (χ3v) is 5.58. The Kier molecular flexibility index (Phi) is 6.52. The van der Waals surface area contributed by atoms with Gasteiger partial charge in [0.2, 0.25) is 0 Å². The molecule has 0 saturated heterocycles. The smallest absolute Gasteiger partial charge is 0.114 e. The van der Waals surface area contributed by atoms with Crippen LogP contribution in [0.5, 0.6) is 0 Å². The van der Waals surface area contributed by atoms with Gasteiger partial charge in [0.25, 0.3) is 0 Å². The van der Waals surface area contributed by atoms with Crippen molar-refractivity contribution in [3.8, 4) is 6.07 Å². The average molecular weight is 345 g/mol. The summed E-state index contributed by atoms with van der Waals surface area (Å²) in [4.78, 5) is 5.58. The first kappa shape index (κ1) is 17.9. The lowest BCUT2D eigenvalue weighted by Gasteiger charge is -2.11. The van der Waals surface area contributed by atoms with E-state index < -0.39 is 6.10 Å². The highest BCUT2D eigenvalue weighted by molar-refractivity contribution is 8.00. The number of aromatic nitrogens is 1. The molecule has 0 saturated carbocycles. The largest absolute Gasteiger partial charge is 0.391 e. The minimum Gasteiger partial charge on any atom is -0.391 e. The van der Waals surface area contributed by atoms with Gasteiger partial charge in [0, 0.05) is 22.1 Å². The summed E-state index contributed by atoms with van der Waals surface area (Å²) in [6.07, 6.45) is -0.444. The second kappa shape index (κ2) is 8.39. The summed E-state index contributed by atoms with van der Waals surface area (Å²) in [5, 5.41) is 20.1. The van der Waals surface area contributed by atoms with E-state index in [-0.39, 0.29) is 0 Å². The van der Waals surface area contributed by atoms with Gasteiger partial charge < -0.3 is 5.11 Å². The van der Waals surface area contributed by atoms with Crippen molar-refractivity contribution >= 4 is 23.5 Å². The van der Waals surface area contributed by atoms with Gasteiger partial charge in [0.1, 0.15) is 11.1 Å². The van der Waals surface area contributed by atoms with Crippen molar-refractivity contribution in [3.63, 3.8) is 0 Å². The van der Waals surface area contributed by atoms with Crippen LogP contribution in [-0.4, -0.2) is 27.7 Å². The molecule has 0 aliphatic heterocycles. The maximum absolute atomic E-state index is 10.2. The van der Waals surface area contributed by atoms with E-state index >= 15 is 0 Å². The number of hydrogen-bond donors (Lipinski definition) is 1. The van der Waals surface area contributed by atoms with Crippen LogP contribution in [0.3, 0.4) is 0 Å². The van der Waals surface area contributed by atoms with E-state index in [0.29, 0.717) is 22.1 Å². The monoisotopic (exact) mass is 344 g/mol. The first-order valence-corrected chi connectivity index (χ1v) is 9.35. The molecule has 2 rings (SSSR count). The number of thioether (sulfide) groups is 2. The number of nitriles is 1. The summed E-state index contributed by atoms with van der Waals surface area (Å²) < 4.78 is 0. The SMILES string of the molecule is Cc1ccc(SCC(O)CSc2nc(C)cc(C)c2C#N)cc1. The predicted octanol–water partition coefficient (Wildman–Crippen LogP) is 4.12. The van der Waals surface area contributed by atoms with Crippen molar-refractivity contribution in [2.45, 2.75) is 36.8 Å². The molecule has 3 nitrogen and oxygen atoms in total. The van der Waals surface area contributed by atoms with Gasteiger partial charge in [-0.2, -0.15) is 5.26 Å². The van der Waals surface area contributed by atoms with Crippen LogP contribution in [-0.2, 0) is 0 Å². The standard InChI is InChI=1S/C18H20N2OS2/c1-12-4-6-16(7-5-12)22-10-15(21)11-23-18-17(9-19)13(2)8-14(3)20-18/h4-8,15,21H,10-11H2,1-3H3. The fraction of sp³-hybridized carbons (Fsp3) is 0.333. The fourth-order valence-corrected chi connectivity index (χ4v) is 4.10. The number of aliphatic hydroxyl groups excluding tert-OH is 1. The highest BCUT2D eigenvalue weighted by atomic mass is 32.2. The summed E-state index contributed by atoms with van der Waals surface area (Å²) in [6.45, 7) is 5.90. The minimum absolute atomic E-state index is 0.444. The topological polar surface area (TPSA) is 56.9 Å². The summed E-state index contributed by atoms with van der Waals surface area (Å²) in [6, 6.07) is 12.4. The molecule has 1 atom stereocenters. The molecule has 120 valence electrons. The molecule has 0 radical (unpaired) electrons. The Morgan fingerprint density at radius 2 is 1.78 bits per heavy atom. The summed E-state index contributed by atoms with van der Waals surface area (Å²) >= 11 is 3.09. The summed E-state index contributed by atoms with van der Waals surface area (Å²) in [5.74, 6) is 1.16. The molecule has 1 aromatic heterocycles. The highest BCUT2D eigenvalue weighted by Crippen LogP contribution is 2.26. The van der Waals surface area contributed by atoms with E-state index in [1.54, 1.807) is 11.8 Å². The van der Waals surface area contributed by atoms with Gasteiger partial charge in [-0.05, 0) is 44.5 Å². The molecule has 1 aromatic carbocycles. The van der Waals surface area contributed by atoms with Gasteiger partial charge in [0.15, 0.2) is 0 Å². The van der Waals surface area contributed by atoms with Crippen LogP contribution in [0, 0.1) is 32.1 Å². The van der Waals surface area contributed by atoms with E-state index in [4.69, 9.17) is 0 Å². The van der Waals surface area contributed by atoms with Gasteiger partial charge in [-0.15, -0.1) is 23.5 Å². The number of aliphatic hydroxyl groups is 1. The van der Waals surface area contributed by atoms with Crippen molar-refractivity contribution in [2.75, 3.05) is 11.5 Å². The third-order valence-electron chi connectivity index (χ3n) is 3.30. The Morgan fingerprint density at radius 1 is 1.13 bits per heavy atom. The van der Waals surface area contributed by atoms with E-state index in [2.05, 4.69) is 42.2 Å². The van der Waals surface area contributed by atoms with Crippen LogP contribution in [0.25, 0.3) is 0 Å². The number of hydrogen-bond acceptors (Lipinski definition) is 5. The van der Waals surface area contributed by atoms with Gasteiger partial charge in [-0.1, -0.05) is 17.7 Å². The van der Waals surface area contributed by atoms with Gasteiger partial charge in [0.05, 0.1) is 11.7 Å². The number of benzene rings is 1. The lowest BCUT2D eigenvalue weighted by atomic mass is 10.1.